The van der Waals surface area contributed by atoms with Crippen molar-refractivity contribution in [3.8, 4) is 5.75 Å². The molecule has 3 aliphatic rings. The number of likely N-dealkylation sites (tertiary alicyclic amines) is 1. The number of nitrogens with zero attached hydrogens (tertiary/aromatic N) is 2. The van der Waals surface area contributed by atoms with Gasteiger partial charge in [-0.2, -0.15) is 0 Å². The molecule has 1 aromatic carbocycles. The number of carbonyl (C=O) groups excluding carboxylic acids is 2. The summed E-state index contributed by atoms with van der Waals surface area (Å²) in [7, 11) is 0. The molecule has 3 atom stereocenters. The molecule has 2 aliphatic carbocycles. The monoisotopic (exact) mass is 481 g/mol. The van der Waals surface area contributed by atoms with E-state index in [1.165, 1.54) is 19.3 Å². The highest BCUT2D eigenvalue weighted by atomic mass is 35.5. The Bertz CT molecular complexity index is 1050. The Morgan fingerprint density at radius 3 is 2.50 bits per heavy atom. The van der Waals surface area contributed by atoms with Crippen molar-refractivity contribution in [3.63, 3.8) is 0 Å². The number of hydrogen-bond donors (Lipinski definition) is 1. The molecular formula is C27H32ClN3O3. The molecule has 1 N–H and O–H groups in total. The van der Waals surface area contributed by atoms with Gasteiger partial charge in [-0.05, 0) is 87.3 Å². The van der Waals surface area contributed by atoms with Gasteiger partial charge in [0.05, 0.1) is 11.3 Å². The van der Waals surface area contributed by atoms with E-state index in [2.05, 4.69) is 5.32 Å². The van der Waals surface area contributed by atoms with Gasteiger partial charge in [-0.15, -0.1) is 0 Å². The predicted octanol–water partition coefficient (Wildman–Crippen LogP) is 4.75. The van der Waals surface area contributed by atoms with Crippen LogP contribution in [0.15, 0.2) is 36.4 Å². The van der Waals surface area contributed by atoms with Crippen LogP contribution >= 0.6 is 11.6 Å². The fourth-order valence-electron chi connectivity index (χ4n) is 5.92. The Labute approximate surface area is 206 Å². The lowest BCUT2D eigenvalue weighted by Gasteiger charge is -2.32. The summed E-state index contributed by atoms with van der Waals surface area (Å²) >= 11 is 5.90. The van der Waals surface area contributed by atoms with E-state index in [-0.39, 0.29) is 24.3 Å². The molecule has 180 valence electrons. The van der Waals surface area contributed by atoms with Crippen LogP contribution in [0.5, 0.6) is 5.75 Å². The smallest absolute Gasteiger partial charge is 0.260 e. The summed E-state index contributed by atoms with van der Waals surface area (Å²) in [5.41, 5.74) is 2.50. The molecule has 7 heteroatoms. The molecule has 2 heterocycles. The van der Waals surface area contributed by atoms with Gasteiger partial charge in [-0.25, -0.2) is 0 Å². The summed E-state index contributed by atoms with van der Waals surface area (Å²) in [5.74, 6) is 2.20. The van der Waals surface area contributed by atoms with Crippen LogP contribution in [0.2, 0.25) is 5.02 Å². The average Bonchev–Trinajstić information content (AvgIpc) is 3.47. The normalized spacial score (nSPS) is 24.3. The second kappa shape index (κ2) is 9.95. The Balaban J connectivity index is 1.19. The predicted molar refractivity (Wildman–Crippen MR) is 131 cm³/mol. The van der Waals surface area contributed by atoms with Crippen molar-refractivity contribution in [2.24, 2.45) is 11.8 Å². The third-order valence-electron chi connectivity index (χ3n) is 7.77. The highest BCUT2D eigenvalue weighted by Crippen LogP contribution is 2.44. The van der Waals surface area contributed by atoms with Gasteiger partial charge in [0.1, 0.15) is 5.75 Å². The van der Waals surface area contributed by atoms with Crippen LogP contribution in [-0.4, -0.2) is 47.4 Å². The first-order chi connectivity index (χ1) is 16.5. The third-order valence-corrected chi connectivity index (χ3v) is 8.03. The van der Waals surface area contributed by atoms with Gasteiger partial charge in [-0.1, -0.05) is 18.0 Å². The second-order valence-electron chi connectivity index (χ2n) is 10.0. The van der Waals surface area contributed by atoms with Gasteiger partial charge in [0.15, 0.2) is 6.61 Å². The summed E-state index contributed by atoms with van der Waals surface area (Å²) in [6.45, 7) is 3.24. The fourth-order valence-corrected chi connectivity index (χ4v) is 6.04. The molecule has 2 aromatic rings. The molecule has 3 unspecified atom stereocenters. The molecule has 3 fully saturated rings. The van der Waals surface area contributed by atoms with Gasteiger partial charge < -0.3 is 15.0 Å². The first-order valence-electron chi connectivity index (χ1n) is 12.4. The number of rotatable bonds is 6. The molecule has 5 rings (SSSR count). The van der Waals surface area contributed by atoms with Crippen LogP contribution in [0, 0.1) is 18.8 Å². The van der Waals surface area contributed by atoms with Crippen molar-refractivity contribution >= 4 is 23.4 Å². The van der Waals surface area contributed by atoms with E-state index in [9.17, 15) is 9.59 Å². The number of pyridine rings is 1. The lowest BCUT2D eigenvalue weighted by atomic mass is 9.89. The Morgan fingerprint density at radius 1 is 1.06 bits per heavy atom. The highest BCUT2D eigenvalue weighted by molar-refractivity contribution is 6.30. The maximum absolute atomic E-state index is 13.2. The molecule has 6 nitrogen and oxygen atoms in total. The van der Waals surface area contributed by atoms with Crippen LogP contribution in [-0.2, 0) is 4.79 Å². The minimum Gasteiger partial charge on any atom is -0.484 e. The lowest BCUT2D eigenvalue weighted by molar-refractivity contribution is -0.134. The zero-order valence-corrected chi connectivity index (χ0v) is 20.4. The molecule has 1 saturated heterocycles. The van der Waals surface area contributed by atoms with Crippen molar-refractivity contribution in [3.05, 3.63) is 58.4 Å². The molecule has 1 aliphatic heterocycles. The van der Waals surface area contributed by atoms with Crippen LogP contribution < -0.4 is 10.1 Å². The van der Waals surface area contributed by atoms with Gasteiger partial charge in [0.2, 0.25) is 0 Å². The first-order valence-corrected chi connectivity index (χ1v) is 12.8. The maximum atomic E-state index is 13.2. The number of aromatic nitrogens is 1. The number of piperidine rings is 1. The SMILES string of the molecule is Cc1ccc(C(=O)NC2CC3CCC2C3)c(C2CCN(C(=O)COc3ccc(Cl)cc3)CC2)n1. The first kappa shape index (κ1) is 23.2. The number of carbonyl (C=O) groups is 2. The standard InChI is InChI=1S/C27H32ClN3O3/c1-17-2-9-23(27(33)30-24-15-18-3-4-20(24)14-18)26(29-17)19-10-12-31(13-11-19)25(32)16-34-22-7-5-21(28)6-8-22/h2,5-9,18-20,24H,3-4,10-16H2,1H3,(H,30,33). The van der Waals surface area contributed by atoms with E-state index in [0.29, 0.717) is 41.4 Å². The molecule has 1 aromatic heterocycles. The van der Waals surface area contributed by atoms with E-state index in [4.69, 9.17) is 21.3 Å². The Kier molecular flexibility index (Phi) is 6.77. The zero-order valence-electron chi connectivity index (χ0n) is 19.6. The number of hydrogen-bond acceptors (Lipinski definition) is 4. The zero-order chi connectivity index (χ0) is 23.7. The second-order valence-corrected chi connectivity index (χ2v) is 10.5. The summed E-state index contributed by atoms with van der Waals surface area (Å²) in [4.78, 5) is 32.5. The Morgan fingerprint density at radius 2 is 1.82 bits per heavy atom. The number of nitrogens with one attached hydrogen (secondary N) is 1. The summed E-state index contributed by atoms with van der Waals surface area (Å²) in [5, 5.41) is 3.95. The van der Waals surface area contributed by atoms with E-state index < -0.39 is 0 Å². The number of aryl methyl sites for hydroxylation is 1. The maximum Gasteiger partial charge on any atom is 0.260 e. The fraction of sp³-hybridized carbons (Fsp3) is 0.519. The molecule has 0 radical (unpaired) electrons. The van der Waals surface area contributed by atoms with Crippen molar-refractivity contribution in [2.45, 2.75) is 57.4 Å². The lowest BCUT2D eigenvalue weighted by Crippen LogP contribution is -2.41. The summed E-state index contributed by atoms with van der Waals surface area (Å²) < 4.78 is 5.62. The number of benzene rings is 1. The topological polar surface area (TPSA) is 71.5 Å². The summed E-state index contributed by atoms with van der Waals surface area (Å²) in [6.07, 6.45) is 6.51. The number of amides is 2. The molecule has 0 spiro atoms. The van der Waals surface area contributed by atoms with Gasteiger partial charge >= 0.3 is 0 Å². The van der Waals surface area contributed by atoms with Crippen LogP contribution in [0.4, 0.5) is 0 Å². The average molecular weight is 482 g/mol. The quantitative estimate of drug-likeness (QED) is 0.646. The number of fused-ring (bicyclic) bond motifs is 2. The van der Waals surface area contributed by atoms with Gasteiger partial charge in [0.25, 0.3) is 11.8 Å². The van der Waals surface area contributed by atoms with Crippen molar-refractivity contribution in [2.75, 3.05) is 19.7 Å². The number of halogens is 1. The third kappa shape index (κ3) is 5.07. The van der Waals surface area contributed by atoms with Crippen LogP contribution in [0.3, 0.4) is 0 Å². The minimum absolute atomic E-state index is 0.00615. The van der Waals surface area contributed by atoms with E-state index in [1.807, 2.05) is 24.0 Å². The molecule has 2 amide bonds. The number of ether oxygens (including phenoxy) is 1. The van der Waals surface area contributed by atoms with Gasteiger partial charge in [-0.3, -0.25) is 14.6 Å². The van der Waals surface area contributed by atoms with Crippen molar-refractivity contribution in [1.82, 2.24) is 15.2 Å². The largest absolute Gasteiger partial charge is 0.484 e. The van der Waals surface area contributed by atoms with Crippen molar-refractivity contribution < 1.29 is 14.3 Å². The molecule has 2 bridgehead atoms. The highest BCUT2D eigenvalue weighted by Gasteiger charge is 2.40. The molecule has 34 heavy (non-hydrogen) atoms. The molecule has 2 saturated carbocycles. The van der Waals surface area contributed by atoms with Crippen LogP contribution in [0.25, 0.3) is 0 Å². The minimum atomic E-state index is -0.0279. The van der Waals surface area contributed by atoms with Gasteiger partial charge in [0, 0.05) is 35.8 Å². The van der Waals surface area contributed by atoms with E-state index in [0.717, 1.165) is 36.6 Å². The van der Waals surface area contributed by atoms with Crippen molar-refractivity contribution in [1.29, 1.82) is 0 Å². The molecular weight excluding hydrogens is 450 g/mol. The van der Waals surface area contributed by atoms with Crippen LogP contribution in [0.1, 0.15) is 66.2 Å². The Hall–Kier alpha value is -2.60. The summed E-state index contributed by atoms with van der Waals surface area (Å²) in [6, 6.07) is 11.2. The van der Waals surface area contributed by atoms with E-state index >= 15 is 0 Å². The van der Waals surface area contributed by atoms with E-state index in [1.54, 1.807) is 24.3 Å².